The Kier molecular flexibility index (Phi) is 2.12. The Morgan fingerprint density at radius 1 is 1.64 bits per heavy atom. The van der Waals surface area contributed by atoms with Crippen molar-refractivity contribution in [1.29, 1.82) is 0 Å². The molecular formula is C8H15NOS. The SMILES string of the molecule is CC1OCCC12NCCCS2. The van der Waals surface area contributed by atoms with Crippen molar-refractivity contribution in [1.82, 2.24) is 5.32 Å². The van der Waals surface area contributed by atoms with E-state index in [1.807, 2.05) is 11.8 Å². The molecule has 2 unspecified atom stereocenters. The normalized spacial score (nSPS) is 45.0. The molecule has 2 heterocycles. The second-order valence-corrected chi connectivity index (χ2v) is 4.71. The van der Waals surface area contributed by atoms with Gasteiger partial charge in [0.1, 0.15) is 0 Å². The largest absolute Gasteiger partial charge is 0.376 e. The van der Waals surface area contributed by atoms with Crippen molar-refractivity contribution in [3.8, 4) is 0 Å². The Hall–Kier alpha value is 0.270. The van der Waals surface area contributed by atoms with Crippen LogP contribution >= 0.6 is 11.8 Å². The molecule has 11 heavy (non-hydrogen) atoms. The van der Waals surface area contributed by atoms with E-state index in [-0.39, 0.29) is 4.87 Å². The maximum atomic E-state index is 5.56. The number of nitrogens with one attached hydrogen (secondary N) is 1. The molecule has 0 aromatic carbocycles. The molecule has 2 saturated heterocycles. The minimum absolute atomic E-state index is 0.276. The summed E-state index contributed by atoms with van der Waals surface area (Å²) in [6.07, 6.45) is 2.88. The van der Waals surface area contributed by atoms with Gasteiger partial charge in [-0.3, -0.25) is 0 Å². The highest BCUT2D eigenvalue weighted by Crippen LogP contribution is 2.38. The van der Waals surface area contributed by atoms with Gasteiger partial charge in [0.2, 0.25) is 0 Å². The summed E-state index contributed by atoms with van der Waals surface area (Å²) in [7, 11) is 0. The monoisotopic (exact) mass is 173 g/mol. The Labute approximate surface area is 72.1 Å². The molecule has 64 valence electrons. The standard InChI is InChI=1S/C8H15NOS/c1-7-8(3-5-10-7)9-4-2-6-11-8/h7,9H,2-6H2,1H3. The van der Waals surface area contributed by atoms with Crippen molar-refractivity contribution < 1.29 is 4.74 Å². The van der Waals surface area contributed by atoms with E-state index < -0.39 is 0 Å². The Balaban J connectivity index is 2.06. The average Bonchev–Trinajstić information content (AvgIpc) is 2.36. The first-order valence-corrected chi connectivity index (χ1v) is 5.33. The molecule has 2 rings (SSSR count). The molecule has 0 saturated carbocycles. The Morgan fingerprint density at radius 2 is 2.55 bits per heavy atom. The highest BCUT2D eigenvalue weighted by Gasteiger charge is 2.42. The predicted molar refractivity (Wildman–Crippen MR) is 47.8 cm³/mol. The summed E-state index contributed by atoms with van der Waals surface area (Å²) in [5.41, 5.74) is 0. The van der Waals surface area contributed by atoms with Crippen LogP contribution in [0.5, 0.6) is 0 Å². The van der Waals surface area contributed by atoms with Crippen LogP contribution in [0.25, 0.3) is 0 Å². The molecule has 0 bridgehead atoms. The molecule has 2 atom stereocenters. The van der Waals surface area contributed by atoms with E-state index in [4.69, 9.17) is 4.74 Å². The third kappa shape index (κ3) is 1.30. The van der Waals surface area contributed by atoms with E-state index in [0.717, 1.165) is 6.61 Å². The van der Waals surface area contributed by atoms with Crippen molar-refractivity contribution in [3.05, 3.63) is 0 Å². The molecular weight excluding hydrogens is 158 g/mol. The number of thioether (sulfide) groups is 1. The minimum Gasteiger partial charge on any atom is -0.376 e. The fourth-order valence-electron chi connectivity index (χ4n) is 1.82. The van der Waals surface area contributed by atoms with Gasteiger partial charge in [-0.05, 0) is 25.6 Å². The fraction of sp³-hybridized carbons (Fsp3) is 1.00. The zero-order chi connectivity index (χ0) is 7.73. The van der Waals surface area contributed by atoms with E-state index >= 15 is 0 Å². The van der Waals surface area contributed by atoms with Gasteiger partial charge < -0.3 is 10.1 Å². The molecule has 2 fully saturated rings. The molecule has 3 heteroatoms. The van der Waals surface area contributed by atoms with Crippen LogP contribution in [-0.2, 0) is 4.74 Å². The smallest absolute Gasteiger partial charge is 0.0929 e. The molecule has 2 aliphatic heterocycles. The molecule has 0 radical (unpaired) electrons. The van der Waals surface area contributed by atoms with Gasteiger partial charge in [-0.2, -0.15) is 0 Å². The van der Waals surface area contributed by atoms with Crippen molar-refractivity contribution in [3.63, 3.8) is 0 Å². The van der Waals surface area contributed by atoms with Gasteiger partial charge in [0, 0.05) is 13.0 Å². The topological polar surface area (TPSA) is 21.3 Å². The first kappa shape index (κ1) is 7.90. The summed E-state index contributed by atoms with van der Waals surface area (Å²) in [6, 6.07) is 0. The van der Waals surface area contributed by atoms with E-state index in [9.17, 15) is 0 Å². The van der Waals surface area contributed by atoms with E-state index in [0.29, 0.717) is 6.10 Å². The molecule has 1 spiro atoms. The quantitative estimate of drug-likeness (QED) is 0.595. The lowest BCUT2D eigenvalue weighted by Gasteiger charge is -2.36. The summed E-state index contributed by atoms with van der Waals surface area (Å²) in [4.78, 5) is 0.276. The second kappa shape index (κ2) is 2.96. The fourth-order valence-corrected chi connectivity index (χ4v) is 3.21. The first-order chi connectivity index (χ1) is 5.33. The van der Waals surface area contributed by atoms with Crippen LogP contribution in [0.4, 0.5) is 0 Å². The summed E-state index contributed by atoms with van der Waals surface area (Å²) in [5, 5.41) is 3.58. The van der Waals surface area contributed by atoms with Crippen LogP contribution in [0.1, 0.15) is 19.8 Å². The van der Waals surface area contributed by atoms with Crippen LogP contribution in [0.2, 0.25) is 0 Å². The summed E-state index contributed by atoms with van der Waals surface area (Å²) in [6.45, 7) is 4.28. The average molecular weight is 173 g/mol. The van der Waals surface area contributed by atoms with Crippen LogP contribution in [0.15, 0.2) is 0 Å². The van der Waals surface area contributed by atoms with Crippen molar-refractivity contribution in [2.75, 3.05) is 18.9 Å². The number of hydrogen-bond donors (Lipinski definition) is 1. The van der Waals surface area contributed by atoms with Gasteiger partial charge in [0.05, 0.1) is 11.0 Å². The molecule has 1 N–H and O–H groups in total. The highest BCUT2D eigenvalue weighted by molar-refractivity contribution is 8.00. The zero-order valence-electron chi connectivity index (χ0n) is 6.93. The number of rotatable bonds is 0. The first-order valence-electron chi connectivity index (χ1n) is 4.34. The van der Waals surface area contributed by atoms with Crippen LogP contribution in [-0.4, -0.2) is 29.9 Å². The zero-order valence-corrected chi connectivity index (χ0v) is 7.75. The second-order valence-electron chi connectivity index (χ2n) is 3.28. The lowest BCUT2D eigenvalue weighted by atomic mass is 10.1. The van der Waals surface area contributed by atoms with Gasteiger partial charge in [-0.1, -0.05) is 0 Å². The third-order valence-electron chi connectivity index (χ3n) is 2.60. The molecule has 0 aromatic heterocycles. The van der Waals surface area contributed by atoms with Gasteiger partial charge in [0.25, 0.3) is 0 Å². The van der Waals surface area contributed by atoms with Gasteiger partial charge >= 0.3 is 0 Å². The molecule has 0 aromatic rings. The van der Waals surface area contributed by atoms with Gasteiger partial charge in [0.15, 0.2) is 0 Å². The van der Waals surface area contributed by atoms with Crippen molar-refractivity contribution in [2.24, 2.45) is 0 Å². The number of hydrogen-bond acceptors (Lipinski definition) is 3. The minimum atomic E-state index is 0.276. The van der Waals surface area contributed by atoms with Crippen molar-refractivity contribution >= 4 is 11.8 Å². The molecule has 0 amide bonds. The molecule has 0 aliphatic carbocycles. The maximum absolute atomic E-state index is 5.56. The summed E-state index contributed by atoms with van der Waals surface area (Å²) < 4.78 is 5.56. The lowest BCUT2D eigenvalue weighted by molar-refractivity contribution is 0.106. The van der Waals surface area contributed by atoms with E-state index in [1.54, 1.807) is 0 Å². The Bertz CT molecular complexity index is 145. The lowest BCUT2D eigenvalue weighted by Crippen LogP contribution is -2.50. The molecule has 2 aliphatic rings. The van der Waals surface area contributed by atoms with Gasteiger partial charge in [-0.15, -0.1) is 11.8 Å². The summed E-state index contributed by atoms with van der Waals surface area (Å²) in [5.74, 6) is 1.29. The summed E-state index contributed by atoms with van der Waals surface area (Å²) >= 11 is 2.05. The highest BCUT2D eigenvalue weighted by atomic mass is 32.2. The Morgan fingerprint density at radius 3 is 3.09 bits per heavy atom. The van der Waals surface area contributed by atoms with Crippen LogP contribution < -0.4 is 5.32 Å². The van der Waals surface area contributed by atoms with Crippen LogP contribution in [0.3, 0.4) is 0 Å². The van der Waals surface area contributed by atoms with Crippen LogP contribution in [0, 0.1) is 0 Å². The molecule has 2 nitrogen and oxygen atoms in total. The maximum Gasteiger partial charge on any atom is 0.0929 e. The van der Waals surface area contributed by atoms with E-state index in [1.165, 1.54) is 25.1 Å². The van der Waals surface area contributed by atoms with Crippen molar-refractivity contribution in [2.45, 2.75) is 30.7 Å². The van der Waals surface area contributed by atoms with Gasteiger partial charge in [-0.25, -0.2) is 0 Å². The number of ether oxygens (including phenoxy) is 1. The predicted octanol–water partition coefficient (Wildman–Crippen LogP) is 1.22. The van der Waals surface area contributed by atoms with E-state index in [2.05, 4.69) is 12.2 Å². The third-order valence-corrected chi connectivity index (χ3v) is 4.29.